The second-order valence-electron chi connectivity index (χ2n) is 3.92. The smallest absolute Gasteiger partial charge is 0.255 e. The summed E-state index contributed by atoms with van der Waals surface area (Å²) in [5.74, 6) is 0.303. The van der Waals surface area contributed by atoms with Crippen molar-refractivity contribution in [3.8, 4) is 5.75 Å². The fraction of sp³-hybridized carbons (Fsp3) is 0.0714. The molecule has 0 aliphatic carbocycles. The van der Waals surface area contributed by atoms with Gasteiger partial charge >= 0.3 is 0 Å². The molecule has 19 heavy (non-hydrogen) atoms. The topological polar surface area (TPSA) is 64.3 Å². The summed E-state index contributed by atoms with van der Waals surface area (Å²) >= 11 is 5.77. The molecule has 2 aromatic carbocycles. The number of hydrogen-bond donors (Lipinski definition) is 2. The lowest BCUT2D eigenvalue weighted by Crippen LogP contribution is -2.11. The first kappa shape index (κ1) is 13.2. The van der Waals surface area contributed by atoms with Gasteiger partial charge in [-0.25, -0.2) is 0 Å². The van der Waals surface area contributed by atoms with Gasteiger partial charge in [0.2, 0.25) is 0 Å². The van der Waals surface area contributed by atoms with Crippen molar-refractivity contribution >= 4 is 28.9 Å². The highest BCUT2D eigenvalue weighted by Gasteiger charge is 2.07. The largest absolute Gasteiger partial charge is 0.495 e. The molecule has 0 radical (unpaired) electrons. The summed E-state index contributed by atoms with van der Waals surface area (Å²) in [6.07, 6.45) is 0. The fourth-order valence-electron chi connectivity index (χ4n) is 1.59. The number of carbonyl (C=O) groups excluding carboxylic acids is 1. The number of ether oxygens (including phenoxy) is 1. The Balaban J connectivity index is 2.17. The van der Waals surface area contributed by atoms with E-state index in [4.69, 9.17) is 22.1 Å². The van der Waals surface area contributed by atoms with E-state index in [9.17, 15) is 4.79 Å². The Hall–Kier alpha value is -2.20. The maximum absolute atomic E-state index is 12.0. The van der Waals surface area contributed by atoms with Crippen LogP contribution < -0.4 is 15.8 Å². The number of nitrogens with one attached hydrogen (secondary N) is 1. The van der Waals surface area contributed by atoms with Gasteiger partial charge in [0.25, 0.3) is 5.91 Å². The average molecular weight is 277 g/mol. The quantitative estimate of drug-likeness (QED) is 0.846. The van der Waals surface area contributed by atoms with Gasteiger partial charge in [0.15, 0.2) is 0 Å². The Morgan fingerprint density at radius 3 is 2.53 bits per heavy atom. The standard InChI is InChI=1S/C14H13ClN2O2/c1-19-13-8-11(6-7-12(13)16)17-14(18)9-2-4-10(15)5-3-9/h2-8H,16H2,1H3,(H,17,18). The molecule has 0 heterocycles. The van der Waals surface area contributed by atoms with E-state index in [0.717, 1.165) is 0 Å². The highest BCUT2D eigenvalue weighted by molar-refractivity contribution is 6.30. The van der Waals surface area contributed by atoms with E-state index >= 15 is 0 Å². The van der Waals surface area contributed by atoms with Gasteiger partial charge < -0.3 is 15.8 Å². The summed E-state index contributed by atoms with van der Waals surface area (Å²) in [7, 11) is 1.52. The number of halogens is 1. The van der Waals surface area contributed by atoms with Crippen LogP contribution in [0.4, 0.5) is 11.4 Å². The van der Waals surface area contributed by atoms with E-state index in [2.05, 4.69) is 5.32 Å². The number of carbonyl (C=O) groups is 1. The first-order valence-electron chi connectivity index (χ1n) is 5.60. The predicted molar refractivity (Wildman–Crippen MR) is 76.8 cm³/mol. The van der Waals surface area contributed by atoms with E-state index < -0.39 is 0 Å². The molecule has 2 aromatic rings. The first-order valence-corrected chi connectivity index (χ1v) is 5.98. The van der Waals surface area contributed by atoms with Gasteiger partial charge in [0.05, 0.1) is 12.8 Å². The van der Waals surface area contributed by atoms with Gasteiger partial charge in [0.1, 0.15) is 5.75 Å². The van der Waals surface area contributed by atoms with Crippen molar-refractivity contribution in [2.75, 3.05) is 18.2 Å². The molecular formula is C14H13ClN2O2. The second kappa shape index (κ2) is 5.63. The summed E-state index contributed by atoms with van der Waals surface area (Å²) < 4.78 is 5.09. The SMILES string of the molecule is COc1cc(NC(=O)c2ccc(Cl)cc2)ccc1N. The highest BCUT2D eigenvalue weighted by Crippen LogP contribution is 2.25. The predicted octanol–water partition coefficient (Wildman–Crippen LogP) is 3.18. The third-order valence-electron chi connectivity index (χ3n) is 2.60. The van der Waals surface area contributed by atoms with Crippen LogP contribution in [0, 0.1) is 0 Å². The summed E-state index contributed by atoms with van der Waals surface area (Å²) in [6.45, 7) is 0. The fourth-order valence-corrected chi connectivity index (χ4v) is 1.72. The van der Waals surface area contributed by atoms with Crippen LogP contribution in [0.5, 0.6) is 5.75 Å². The molecule has 0 unspecified atom stereocenters. The molecule has 0 aliphatic rings. The van der Waals surface area contributed by atoms with Crippen molar-refractivity contribution in [1.29, 1.82) is 0 Å². The number of nitrogens with two attached hydrogens (primary N) is 1. The monoisotopic (exact) mass is 276 g/mol. The minimum atomic E-state index is -0.219. The molecular weight excluding hydrogens is 264 g/mol. The highest BCUT2D eigenvalue weighted by atomic mass is 35.5. The number of anilines is 2. The zero-order chi connectivity index (χ0) is 13.8. The van der Waals surface area contributed by atoms with Crippen molar-refractivity contribution in [2.24, 2.45) is 0 Å². The van der Waals surface area contributed by atoms with Crippen molar-refractivity contribution in [2.45, 2.75) is 0 Å². The number of amides is 1. The Bertz CT molecular complexity index is 597. The molecule has 0 spiro atoms. The molecule has 1 amide bonds. The molecule has 0 aromatic heterocycles. The van der Waals surface area contributed by atoms with Crippen molar-refractivity contribution in [1.82, 2.24) is 0 Å². The zero-order valence-corrected chi connectivity index (χ0v) is 11.1. The van der Waals surface area contributed by atoms with Gasteiger partial charge in [-0.3, -0.25) is 4.79 Å². The Kier molecular flexibility index (Phi) is 3.92. The van der Waals surface area contributed by atoms with Gasteiger partial charge in [0, 0.05) is 22.3 Å². The van der Waals surface area contributed by atoms with Crippen LogP contribution in [0.25, 0.3) is 0 Å². The van der Waals surface area contributed by atoms with Crippen molar-refractivity contribution < 1.29 is 9.53 Å². The molecule has 0 bridgehead atoms. The van der Waals surface area contributed by atoms with Crippen LogP contribution in [-0.4, -0.2) is 13.0 Å². The van der Waals surface area contributed by atoms with E-state index in [1.807, 2.05) is 0 Å². The zero-order valence-electron chi connectivity index (χ0n) is 10.3. The minimum Gasteiger partial charge on any atom is -0.495 e. The number of benzene rings is 2. The molecule has 2 rings (SSSR count). The Labute approximate surface area is 116 Å². The number of methoxy groups -OCH3 is 1. The molecule has 0 fully saturated rings. The number of nitrogen functional groups attached to an aromatic ring is 1. The molecule has 0 saturated carbocycles. The normalized spacial score (nSPS) is 10.0. The van der Waals surface area contributed by atoms with Crippen LogP contribution in [0.2, 0.25) is 5.02 Å². The van der Waals surface area contributed by atoms with Crippen molar-refractivity contribution in [3.63, 3.8) is 0 Å². The number of rotatable bonds is 3. The number of hydrogen-bond acceptors (Lipinski definition) is 3. The van der Waals surface area contributed by atoms with E-state index in [1.54, 1.807) is 42.5 Å². The van der Waals surface area contributed by atoms with Crippen LogP contribution >= 0.6 is 11.6 Å². The maximum atomic E-state index is 12.0. The summed E-state index contributed by atoms with van der Waals surface area (Å²) in [5, 5.41) is 3.35. The van der Waals surface area contributed by atoms with Gasteiger partial charge in [-0.15, -0.1) is 0 Å². The lowest BCUT2D eigenvalue weighted by atomic mass is 10.2. The first-order chi connectivity index (χ1) is 9.10. The molecule has 0 aliphatic heterocycles. The summed E-state index contributed by atoms with van der Waals surface area (Å²) in [6, 6.07) is 11.7. The Morgan fingerprint density at radius 2 is 1.89 bits per heavy atom. The second-order valence-corrected chi connectivity index (χ2v) is 4.35. The molecule has 5 heteroatoms. The lowest BCUT2D eigenvalue weighted by molar-refractivity contribution is 0.102. The lowest BCUT2D eigenvalue weighted by Gasteiger charge is -2.09. The van der Waals surface area contributed by atoms with Crippen LogP contribution in [-0.2, 0) is 0 Å². The van der Waals surface area contributed by atoms with Crippen molar-refractivity contribution in [3.05, 3.63) is 53.1 Å². The average Bonchev–Trinajstić information content (AvgIpc) is 2.41. The van der Waals surface area contributed by atoms with Crippen LogP contribution in [0.3, 0.4) is 0 Å². The Morgan fingerprint density at radius 1 is 1.21 bits per heavy atom. The van der Waals surface area contributed by atoms with Gasteiger partial charge in [-0.05, 0) is 36.4 Å². The van der Waals surface area contributed by atoms with Crippen LogP contribution in [0.15, 0.2) is 42.5 Å². The van der Waals surface area contributed by atoms with Gasteiger partial charge in [-0.2, -0.15) is 0 Å². The summed E-state index contributed by atoms with van der Waals surface area (Å²) in [5.41, 5.74) is 7.37. The summed E-state index contributed by atoms with van der Waals surface area (Å²) in [4.78, 5) is 12.0. The third kappa shape index (κ3) is 3.17. The molecule has 0 atom stereocenters. The van der Waals surface area contributed by atoms with E-state index in [0.29, 0.717) is 27.7 Å². The minimum absolute atomic E-state index is 0.219. The van der Waals surface area contributed by atoms with Crippen LogP contribution in [0.1, 0.15) is 10.4 Å². The van der Waals surface area contributed by atoms with E-state index in [1.165, 1.54) is 7.11 Å². The molecule has 3 N–H and O–H groups in total. The van der Waals surface area contributed by atoms with E-state index in [-0.39, 0.29) is 5.91 Å². The third-order valence-corrected chi connectivity index (χ3v) is 2.85. The molecule has 4 nitrogen and oxygen atoms in total. The molecule has 98 valence electrons. The maximum Gasteiger partial charge on any atom is 0.255 e. The molecule has 0 saturated heterocycles. The van der Waals surface area contributed by atoms with Gasteiger partial charge in [-0.1, -0.05) is 11.6 Å².